The number of benzene rings is 3. The number of rotatable bonds is 2. The van der Waals surface area contributed by atoms with Crippen molar-refractivity contribution in [3.63, 3.8) is 0 Å². The van der Waals surface area contributed by atoms with E-state index in [0.717, 1.165) is 49.9 Å². The first kappa shape index (κ1) is 20.0. The zero-order chi connectivity index (χ0) is 22.6. The summed E-state index contributed by atoms with van der Waals surface area (Å²) in [7, 11) is 2.09. The zero-order valence-corrected chi connectivity index (χ0v) is 19.1. The minimum Gasteiger partial charge on any atom is -0.456 e. The molecule has 5 rings (SSSR count). The molecule has 0 unspecified atom stereocenters. The normalized spacial score (nSPS) is 11.2. The Kier molecular flexibility index (Phi) is 4.60. The molecule has 0 bridgehead atoms. The monoisotopic (exact) mass is 417 g/mol. The van der Waals surface area contributed by atoms with E-state index in [1.54, 1.807) is 0 Å². The van der Waals surface area contributed by atoms with Crippen molar-refractivity contribution in [1.82, 2.24) is 0 Å². The van der Waals surface area contributed by atoms with E-state index >= 15 is 0 Å². The molecule has 0 spiro atoms. The van der Waals surface area contributed by atoms with Crippen molar-refractivity contribution in [1.29, 1.82) is 0 Å². The first-order valence-electron chi connectivity index (χ1n) is 10.8. The molecule has 156 valence electrons. The summed E-state index contributed by atoms with van der Waals surface area (Å²) in [5.74, 6) is 0. The second-order valence-corrected chi connectivity index (χ2v) is 8.57. The van der Waals surface area contributed by atoms with E-state index in [1.807, 2.05) is 25.1 Å². The van der Waals surface area contributed by atoms with Gasteiger partial charge in [0.1, 0.15) is 18.2 Å². The zero-order valence-electron chi connectivity index (χ0n) is 19.1. The molecule has 3 nitrogen and oxygen atoms in total. The molecular weight excluding hydrogens is 392 g/mol. The highest BCUT2D eigenvalue weighted by Crippen LogP contribution is 2.46. The molecule has 0 atom stereocenters. The third-order valence-electron chi connectivity index (χ3n) is 6.50. The van der Waals surface area contributed by atoms with E-state index in [4.69, 9.17) is 11.0 Å². The van der Waals surface area contributed by atoms with E-state index < -0.39 is 0 Å². The average Bonchev–Trinajstić information content (AvgIpc) is 3.15. The Bertz CT molecular complexity index is 1570. The summed E-state index contributed by atoms with van der Waals surface area (Å²) in [5.41, 5.74) is 10.9. The van der Waals surface area contributed by atoms with E-state index in [2.05, 4.69) is 79.7 Å². The Balaban J connectivity index is 2.01. The maximum absolute atomic E-state index is 7.87. The molecule has 0 N–H and O–H groups in total. The molecule has 0 fully saturated rings. The maximum atomic E-state index is 7.87. The van der Waals surface area contributed by atoms with Crippen LogP contribution in [0.2, 0.25) is 0 Å². The number of hydrogen-bond acceptors (Lipinski definition) is 1. The fourth-order valence-electron chi connectivity index (χ4n) is 4.85. The molecule has 0 radical (unpaired) electrons. The SMILES string of the molecule is [C-]#[N+]c1c(C)cc2c(oc3c(-c4cccc(C)[n+]4C)c(C)cc(C)c32)c1-c1ccccc1. The van der Waals surface area contributed by atoms with E-state index in [9.17, 15) is 0 Å². The molecular formula is C29H25N2O+. The lowest BCUT2D eigenvalue weighted by Gasteiger charge is -2.09. The van der Waals surface area contributed by atoms with Gasteiger partial charge in [-0.3, -0.25) is 0 Å². The molecule has 0 saturated heterocycles. The van der Waals surface area contributed by atoms with Gasteiger partial charge < -0.3 is 4.42 Å². The van der Waals surface area contributed by atoms with Crippen molar-refractivity contribution in [2.75, 3.05) is 0 Å². The predicted molar refractivity (Wildman–Crippen MR) is 131 cm³/mol. The largest absolute Gasteiger partial charge is 0.456 e. The third kappa shape index (κ3) is 2.84. The van der Waals surface area contributed by atoms with Gasteiger partial charge in [0.05, 0.1) is 12.1 Å². The quantitative estimate of drug-likeness (QED) is 0.215. The first-order valence-corrected chi connectivity index (χ1v) is 10.8. The number of nitrogens with zero attached hydrogens (tertiary/aromatic N) is 2. The van der Waals surface area contributed by atoms with E-state index in [1.165, 1.54) is 16.8 Å². The number of furan rings is 1. The van der Waals surface area contributed by atoms with Crippen LogP contribution in [-0.4, -0.2) is 0 Å². The van der Waals surface area contributed by atoms with Gasteiger partial charge in [-0.15, -0.1) is 0 Å². The lowest BCUT2D eigenvalue weighted by Crippen LogP contribution is -2.34. The number of fused-ring (bicyclic) bond motifs is 3. The van der Waals surface area contributed by atoms with Crippen molar-refractivity contribution in [3.8, 4) is 22.4 Å². The van der Waals surface area contributed by atoms with Crippen LogP contribution in [0.25, 0.3) is 49.2 Å². The summed E-state index contributed by atoms with van der Waals surface area (Å²) in [6.07, 6.45) is 0. The van der Waals surface area contributed by atoms with E-state index in [0.29, 0.717) is 5.69 Å². The Morgan fingerprint density at radius 1 is 0.781 bits per heavy atom. The highest BCUT2D eigenvalue weighted by Gasteiger charge is 2.25. The van der Waals surface area contributed by atoms with Crippen LogP contribution in [0.15, 0.2) is 65.1 Å². The van der Waals surface area contributed by atoms with Gasteiger partial charge in [0.25, 0.3) is 0 Å². The van der Waals surface area contributed by atoms with Crippen molar-refractivity contribution < 1.29 is 8.98 Å². The van der Waals surface area contributed by atoms with Crippen LogP contribution in [0.5, 0.6) is 0 Å². The van der Waals surface area contributed by atoms with Crippen molar-refractivity contribution in [2.45, 2.75) is 27.7 Å². The van der Waals surface area contributed by atoms with Crippen LogP contribution >= 0.6 is 0 Å². The fourth-order valence-corrected chi connectivity index (χ4v) is 4.85. The van der Waals surface area contributed by atoms with Gasteiger partial charge in [0.15, 0.2) is 5.69 Å². The lowest BCUT2D eigenvalue weighted by molar-refractivity contribution is -0.666. The second kappa shape index (κ2) is 7.35. The third-order valence-corrected chi connectivity index (χ3v) is 6.50. The highest BCUT2D eigenvalue weighted by atomic mass is 16.3. The molecule has 2 aromatic heterocycles. The molecule has 32 heavy (non-hydrogen) atoms. The first-order chi connectivity index (χ1) is 15.4. The molecule has 3 heteroatoms. The van der Waals surface area contributed by atoms with Crippen LogP contribution < -0.4 is 4.57 Å². The minimum absolute atomic E-state index is 0.653. The molecule has 0 saturated carbocycles. The van der Waals surface area contributed by atoms with Gasteiger partial charge in [-0.2, -0.15) is 4.57 Å². The topological polar surface area (TPSA) is 21.4 Å². The van der Waals surface area contributed by atoms with Gasteiger partial charge in [0, 0.05) is 35.4 Å². The molecule has 5 aromatic rings. The summed E-state index contributed by atoms with van der Waals surface area (Å²) < 4.78 is 8.93. The molecule has 2 heterocycles. The Morgan fingerprint density at radius 2 is 1.53 bits per heavy atom. The van der Waals surface area contributed by atoms with Gasteiger partial charge in [-0.05, 0) is 49.1 Å². The number of pyridine rings is 1. The Morgan fingerprint density at radius 3 is 2.25 bits per heavy atom. The Hall–Kier alpha value is -3.90. The Labute approximate surface area is 188 Å². The highest BCUT2D eigenvalue weighted by molar-refractivity contribution is 6.17. The van der Waals surface area contributed by atoms with Crippen LogP contribution in [0.3, 0.4) is 0 Å². The average molecular weight is 418 g/mol. The van der Waals surface area contributed by atoms with Crippen LogP contribution in [0.4, 0.5) is 5.69 Å². The van der Waals surface area contributed by atoms with Gasteiger partial charge >= 0.3 is 0 Å². The summed E-state index contributed by atoms with van der Waals surface area (Å²) in [6.45, 7) is 16.3. The maximum Gasteiger partial charge on any atom is 0.216 e. The van der Waals surface area contributed by atoms with Crippen LogP contribution in [0.1, 0.15) is 22.4 Å². The fraction of sp³-hybridized carbons (Fsp3) is 0.172. The molecule has 0 aliphatic rings. The molecule has 3 aromatic carbocycles. The van der Waals surface area contributed by atoms with Gasteiger partial charge in [-0.1, -0.05) is 42.5 Å². The van der Waals surface area contributed by atoms with Gasteiger partial charge in [0.2, 0.25) is 11.4 Å². The minimum atomic E-state index is 0.653. The molecule has 0 aliphatic heterocycles. The molecule has 0 aliphatic carbocycles. The van der Waals surface area contributed by atoms with Crippen molar-refractivity contribution >= 4 is 27.6 Å². The number of aromatic nitrogens is 1. The summed E-state index contributed by atoms with van der Waals surface area (Å²) in [4.78, 5) is 3.90. The summed E-state index contributed by atoms with van der Waals surface area (Å²) in [6, 6.07) is 20.8. The predicted octanol–water partition coefficient (Wildman–Crippen LogP) is 7.53. The van der Waals surface area contributed by atoms with Crippen molar-refractivity contribution in [3.05, 3.63) is 94.5 Å². The number of aryl methyl sites for hydroxylation is 4. The number of hydrogen-bond donors (Lipinski definition) is 0. The van der Waals surface area contributed by atoms with E-state index in [-0.39, 0.29) is 0 Å². The summed E-state index contributed by atoms with van der Waals surface area (Å²) >= 11 is 0. The second-order valence-electron chi connectivity index (χ2n) is 8.57. The summed E-state index contributed by atoms with van der Waals surface area (Å²) in [5, 5.41) is 2.19. The van der Waals surface area contributed by atoms with Crippen LogP contribution in [0, 0.1) is 34.3 Å². The standard InChI is InChI=1S/C29H25N2O/c1-17-15-18(2)25(23-14-10-11-20(4)31(23)6)29-24(17)22-16-19(3)27(30-5)26(28(22)32-29)21-12-8-7-9-13-21/h7-16H,1-4,6H3/q+1. The van der Waals surface area contributed by atoms with Crippen LogP contribution in [-0.2, 0) is 7.05 Å². The lowest BCUT2D eigenvalue weighted by atomic mass is 9.94. The smallest absolute Gasteiger partial charge is 0.216 e. The van der Waals surface area contributed by atoms with Gasteiger partial charge in [-0.25, -0.2) is 4.85 Å². The van der Waals surface area contributed by atoms with Crippen molar-refractivity contribution in [2.24, 2.45) is 7.05 Å². The molecule has 0 amide bonds.